The molecule has 2 N–H and O–H groups in total. The molecule has 0 saturated carbocycles. The topological polar surface area (TPSA) is 65.6 Å². The van der Waals surface area contributed by atoms with Crippen LogP contribution < -0.4 is 4.74 Å². The van der Waals surface area contributed by atoms with Crippen molar-refractivity contribution in [2.75, 3.05) is 13.6 Å². The number of carboxylic acid groups (broad SMARTS) is 1. The Morgan fingerprint density at radius 3 is 2.84 bits per heavy atom. The molecule has 1 atom stereocenters. The Labute approximate surface area is 145 Å². The zero-order valence-electron chi connectivity index (χ0n) is 14.0. The number of aliphatic carboxylic acids is 1. The molecule has 1 unspecified atom stereocenters. The number of nitrogens with zero attached hydrogens (tertiary/aromatic N) is 1. The Bertz CT molecular complexity index is 917. The summed E-state index contributed by atoms with van der Waals surface area (Å²) in [5.74, 6) is -0.0282. The molecule has 1 aliphatic rings. The van der Waals surface area contributed by atoms with Crippen LogP contribution in [-0.2, 0) is 17.8 Å². The van der Waals surface area contributed by atoms with Crippen LogP contribution in [-0.4, -0.2) is 34.6 Å². The third kappa shape index (κ3) is 2.87. The first-order valence-corrected chi connectivity index (χ1v) is 8.38. The fraction of sp³-hybridized carbons (Fsp3) is 0.250. The van der Waals surface area contributed by atoms with E-state index in [4.69, 9.17) is 4.74 Å². The lowest BCUT2D eigenvalue weighted by Crippen LogP contribution is -2.36. The highest BCUT2D eigenvalue weighted by Crippen LogP contribution is 2.35. The lowest BCUT2D eigenvalue weighted by Gasteiger charge is -2.29. The van der Waals surface area contributed by atoms with Crippen molar-refractivity contribution in [3.63, 3.8) is 0 Å². The quantitative estimate of drug-likeness (QED) is 0.767. The third-order valence-corrected chi connectivity index (χ3v) is 4.82. The van der Waals surface area contributed by atoms with Crippen molar-refractivity contribution in [1.29, 1.82) is 0 Å². The number of nitrogens with one attached hydrogen (secondary N) is 1. The zero-order chi connectivity index (χ0) is 17.4. The van der Waals surface area contributed by atoms with Crippen LogP contribution in [0.3, 0.4) is 0 Å². The smallest absolute Gasteiger partial charge is 0.327 e. The summed E-state index contributed by atoms with van der Waals surface area (Å²) in [5.41, 5.74) is 3.95. The minimum atomic E-state index is -0.824. The summed E-state index contributed by atoms with van der Waals surface area (Å²) in [6, 6.07) is 15.3. The second-order valence-electron chi connectivity index (χ2n) is 6.47. The Morgan fingerprint density at radius 2 is 2.08 bits per heavy atom. The maximum Gasteiger partial charge on any atom is 0.327 e. The van der Waals surface area contributed by atoms with E-state index in [1.165, 1.54) is 0 Å². The molecule has 25 heavy (non-hydrogen) atoms. The normalized spacial score (nSPS) is 17.4. The highest BCUT2D eigenvalue weighted by Gasteiger charge is 2.33. The van der Waals surface area contributed by atoms with Crippen LogP contribution in [0.5, 0.6) is 5.75 Å². The van der Waals surface area contributed by atoms with Gasteiger partial charge >= 0.3 is 5.97 Å². The van der Waals surface area contributed by atoms with E-state index >= 15 is 0 Å². The average Bonchev–Trinajstić information content (AvgIpc) is 2.98. The van der Waals surface area contributed by atoms with Crippen molar-refractivity contribution < 1.29 is 14.6 Å². The molecule has 0 fully saturated rings. The lowest BCUT2D eigenvalue weighted by molar-refractivity contribution is -0.143. The summed E-state index contributed by atoms with van der Waals surface area (Å²) in [6.07, 6.45) is 0.831. The van der Waals surface area contributed by atoms with E-state index in [-0.39, 0.29) is 0 Å². The van der Waals surface area contributed by atoms with Gasteiger partial charge in [-0.15, -0.1) is 0 Å². The molecule has 5 heteroatoms. The van der Waals surface area contributed by atoms with E-state index in [1.54, 1.807) is 0 Å². The standard InChI is InChI=1S/C20H20N2O3/c1-22-10-9-15-16-11-14(25-12-13-5-3-2-4-6-13)7-8-17(16)21-18(15)19(22)20(23)24/h2-8,11,19,21H,9-10,12H2,1H3,(H,23,24). The molecule has 0 aliphatic carbocycles. The molecule has 3 aromatic rings. The van der Waals surface area contributed by atoms with E-state index in [0.29, 0.717) is 6.61 Å². The molecule has 1 aromatic heterocycles. The van der Waals surface area contributed by atoms with E-state index in [0.717, 1.165) is 46.4 Å². The van der Waals surface area contributed by atoms with Gasteiger partial charge in [-0.1, -0.05) is 30.3 Å². The van der Waals surface area contributed by atoms with Gasteiger partial charge in [-0.05, 0) is 42.8 Å². The van der Waals surface area contributed by atoms with Gasteiger partial charge in [0.2, 0.25) is 0 Å². The molecular formula is C20H20N2O3. The first-order chi connectivity index (χ1) is 12.1. The predicted molar refractivity (Wildman–Crippen MR) is 95.8 cm³/mol. The summed E-state index contributed by atoms with van der Waals surface area (Å²) < 4.78 is 5.92. The molecule has 2 heterocycles. The van der Waals surface area contributed by atoms with Crippen LogP contribution >= 0.6 is 0 Å². The van der Waals surface area contributed by atoms with Crippen LogP contribution in [0.25, 0.3) is 10.9 Å². The van der Waals surface area contributed by atoms with Crippen molar-refractivity contribution in [1.82, 2.24) is 9.88 Å². The molecule has 0 bridgehead atoms. The molecule has 0 amide bonds. The number of carboxylic acids is 1. The van der Waals surface area contributed by atoms with E-state index in [1.807, 2.05) is 60.5 Å². The molecular weight excluding hydrogens is 316 g/mol. The summed E-state index contributed by atoms with van der Waals surface area (Å²) in [4.78, 5) is 16.8. The van der Waals surface area contributed by atoms with Gasteiger partial charge in [0, 0.05) is 23.1 Å². The van der Waals surface area contributed by atoms with Crippen molar-refractivity contribution in [2.45, 2.75) is 19.1 Å². The van der Waals surface area contributed by atoms with Crippen molar-refractivity contribution in [3.05, 3.63) is 65.4 Å². The number of aromatic amines is 1. The summed E-state index contributed by atoms with van der Waals surface area (Å²) in [5, 5.41) is 10.6. The van der Waals surface area contributed by atoms with Crippen molar-refractivity contribution in [2.24, 2.45) is 0 Å². The van der Waals surface area contributed by atoms with E-state index in [9.17, 15) is 9.90 Å². The van der Waals surface area contributed by atoms with Gasteiger partial charge < -0.3 is 14.8 Å². The maximum absolute atomic E-state index is 11.6. The van der Waals surface area contributed by atoms with Crippen LogP contribution in [0, 0.1) is 0 Å². The van der Waals surface area contributed by atoms with Gasteiger partial charge in [-0.25, -0.2) is 0 Å². The Kier molecular flexibility index (Phi) is 3.93. The number of likely N-dealkylation sites (N-methyl/N-ethyl adjacent to an activating group) is 1. The molecule has 4 rings (SSSR count). The Morgan fingerprint density at radius 1 is 1.28 bits per heavy atom. The summed E-state index contributed by atoms with van der Waals surface area (Å²) in [6.45, 7) is 1.24. The fourth-order valence-corrected chi connectivity index (χ4v) is 3.53. The molecule has 0 spiro atoms. The third-order valence-electron chi connectivity index (χ3n) is 4.82. The molecule has 1 aliphatic heterocycles. The van der Waals surface area contributed by atoms with Gasteiger partial charge in [-0.2, -0.15) is 0 Å². The molecule has 128 valence electrons. The number of aromatic nitrogens is 1. The van der Waals surface area contributed by atoms with Gasteiger partial charge in [0.1, 0.15) is 18.4 Å². The largest absolute Gasteiger partial charge is 0.489 e. The molecule has 0 radical (unpaired) electrons. The number of rotatable bonds is 4. The van der Waals surface area contributed by atoms with Gasteiger partial charge in [0.15, 0.2) is 0 Å². The van der Waals surface area contributed by atoms with Crippen molar-refractivity contribution in [3.8, 4) is 5.75 Å². The number of hydrogen-bond donors (Lipinski definition) is 2. The average molecular weight is 336 g/mol. The Hall–Kier alpha value is -2.79. The predicted octanol–water partition coefficient (Wildman–Crippen LogP) is 3.36. The Balaban J connectivity index is 1.66. The minimum Gasteiger partial charge on any atom is -0.489 e. The number of ether oxygens (including phenoxy) is 1. The number of hydrogen-bond acceptors (Lipinski definition) is 3. The van der Waals surface area contributed by atoms with E-state index in [2.05, 4.69) is 4.98 Å². The summed E-state index contributed by atoms with van der Waals surface area (Å²) in [7, 11) is 1.85. The molecule has 5 nitrogen and oxygen atoms in total. The second kappa shape index (κ2) is 6.26. The minimum absolute atomic E-state index is 0.513. The lowest BCUT2D eigenvalue weighted by atomic mass is 9.98. The zero-order valence-corrected chi connectivity index (χ0v) is 14.0. The van der Waals surface area contributed by atoms with Crippen LogP contribution in [0.2, 0.25) is 0 Å². The SMILES string of the molecule is CN1CCc2c([nH]c3ccc(OCc4ccccc4)cc23)C1C(=O)O. The van der Waals surface area contributed by atoms with E-state index < -0.39 is 12.0 Å². The van der Waals surface area contributed by atoms with Crippen LogP contribution in [0.1, 0.15) is 22.9 Å². The second-order valence-corrected chi connectivity index (χ2v) is 6.47. The number of H-pyrrole nitrogens is 1. The highest BCUT2D eigenvalue weighted by molar-refractivity contribution is 5.89. The van der Waals surface area contributed by atoms with Crippen molar-refractivity contribution >= 4 is 16.9 Å². The van der Waals surface area contributed by atoms with Gasteiger partial charge in [0.05, 0.1) is 0 Å². The van der Waals surface area contributed by atoms with Crippen LogP contribution in [0.15, 0.2) is 48.5 Å². The molecule has 0 saturated heterocycles. The first-order valence-electron chi connectivity index (χ1n) is 8.38. The number of carbonyl (C=O) groups is 1. The highest BCUT2D eigenvalue weighted by atomic mass is 16.5. The monoisotopic (exact) mass is 336 g/mol. The molecule has 2 aromatic carbocycles. The van der Waals surface area contributed by atoms with Gasteiger partial charge in [-0.3, -0.25) is 9.69 Å². The fourth-order valence-electron chi connectivity index (χ4n) is 3.53. The number of benzene rings is 2. The first kappa shape index (κ1) is 15.7. The number of fused-ring (bicyclic) bond motifs is 3. The summed E-state index contributed by atoms with van der Waals surface area (Å²) >= 11 is 0. The maximum atomic E-state index is 11.6. The van der Waals surface area contributed by atoms with Gasteiger partial charge in [0.25, 0.3) is 0 Å². The van der Waals surface area contributed by atoms with Crippen LogP contribution in [0.4, 0.5) is 0 Å².